The van der Waals surface area contributed by atoms with Gasteiger partial charge in [-0.25, -0.2) is 0 Å². The number of aliphatic carboxylic acids is 1. The predicted octanol–water partition coefficient (Wildman–Crippen LogP) is 2.96. The summed E-state index contributed by atoms with van der Waals surface area (Å²) >= 11 is 6.07. The Morgan fingerprint density at radius 2 is 2.00 bits per heavy atom. The van der Waals surface area contributed by atoms with Crippen LogP contribution in [0.4, 0.5) is 0 Å². The summed E-state index contributed by atoms with van der Waals surface area (Å²) in [6.45, 7) is 5.07. The van der Waals surface area contributed by atoms with Crippen LogP contribution in [-0.2, 0) is 11.3 Å². The summed E-state index contributed by atoms with van der Waals surface area (Å²) in [6, 6.07) is 7.88. The van der Waals surface area contributed by atoms with Gasteiger partial charge >= 0.3 is 5.97 Å². The topological polar surface area (TPSA) is 43.8 Å². The van der Waals surface area contributed by atoms with Crippen molar-refractivity contribution in [3.63, 3.8) is 0 Å². The van der Waals surface area contributed by atoms with Crippen LogP contribution in [0.2, 0.25) is 5.02 Å². The largest absolute Gasteiger partial charge is 0.481 e. The number of nitrogens with zero attached hydrogens (tertiary/aromatic N) is 2. The zero-order valence-electron chi connectivity index (χ0n) is 14.0. The number of rotatable bonds is 5. The highest BCUT2D eigenvalue weighted by atomic mass is 35.5. The Hall–Kier alpha value is -1.10. The van der Waals surface area contributed by atoms with Gasteiger partial charge in [0, 0.05) is 50.2 Å². The molecule has 24 heavy (non-hydrogen) atoms. The van der Waals surface area contributed by atoms with E-state index in [4.69, 9.17) is 11.6 Å². The molecule has 3 aliphatic rings. The Balaban J connectivity index is 1.43. The first-order valence-electron chi connectivity index (χ1n) is 8.98. The van der Waals surface area contributed by atoms with Crippen LogP contribution in [0.3, 0.4) is 0 Å². The first-order chi connectivity index (χ1) is 11.5. The van der Waals surface area contributed by atoms with Crippen molar-refractivity contribution in [2.24, 2.45) is 17.3 Å². The fourth-order valence-electron chi connectivity index (χ4n) is 4.77. The number of likely N-dealkylation sites (tertiary alicyclic amines) is 2. The summed E-state index contributed by atoms with van der Waals surface area (Å²) in [5, 5.41) is 10.7. The van der Waals surface area contributed by atoms with Gasteiger partial charge in [-0.05, 0) is 36.5 Å². The van der Waals surface area contributed by atoms with Crippen LogP contribution in [0, 0.1) is 17.3 Å². The molecule has 0 unspecified atom stereocenters. The van der Waals surface area contributed by atoms with Gasteiger partial charge in [0.05, 0.1) is 5.41 Å². The van der Waals surface area contributed by atoms with Crippen molar-refractivity contribution in [3.05, 3.63) is 34.9 Å². The molecule has 4 rings (SSSR count). The molecule has 1 N–H and O–H groups in total. The molecule has 130 valence electrons. The second-order valence-corrected chi connectivity index (χ2v) is 8.39. The zero-order chi connectivity index (χ0) is 16.7. The van der Waals surface area contributed by atoms with Gasteiger partial charge in [0.2, 0.25) is 0 Å². The maximum absolute atomic E-state index is 12.1. The molecule has 2 aliphatic heterocycles. The van der Waals surface area contributed by atoms with Gasteiger partial charge in [-0.3, -0.25) is 9.69 Å². The highest BCUT2D eigenvalue weighted by Crippen LogP contribution is 2.44. The van der Waals surface area contributed by atoms with E-state index in [9.17, 15) is 9.90 Å². The quantitative estimate of drug-likeness (QED) is 0.888. The number of halogens is 1. The average Bonchev–Trinajstić information content (AvgIpc) is 2.97. The van der Waals surface area contributed by atoms with Gasteiger partial charge < -0.3 is 10.0 Å². The van der Waals surface area contributed by atoms with Gasteiger partial charge in [0.25, 0.3) is 0 Å². The fraction of sp³-hybridized carbons (Fsp3) is 0.632. The van der Waals surface area contributed by atoms with Crippen LogP contribution in [-0.4, -0.2) is 53.6 Å². The van der Waals surface area contributed by atoms with E-state index in [-0.39, 0.29) is 5.92 Å². The summed E-state index contributed by atoms with van der Waals surface area (Å²) in [7, 11) is 0. The molecule has 0 aromatic heterocycles. The van der Waals surface area contributed by atoms with Crippen LogP contribution in [0.25, 0.3) is 0 Å². The molecule has 1 saturated carbocycles. The molecular formula is C19H25ClN2O2. The Morgan fingerprint density at radius 3 is 2.62 bits per heavy atom. The molecule has 0 amide bonds. The monoisotopic (exact) mass is 348 g/mol. The molecule has 3 fully saturated rings. The SMILES string of the molecule is O=C(O)[C@@]12CN(Cc3cccc(Cl)c3)C[C@@H]1CN(CC1CCC1)C2. The highest BCUT2D eigenvalue weighted by Gasteiger charge is 2.57. The van der Waals surface area contributed by atoms with Crippen LogP contribution in [0.1, 0.15) is 24.8 Å². The van der Waals surface area contributed by atoms with Crippen molar-refractivity contribution >= 4 is 17.6 Å². The van der Waals surface area contributed by atoms with Gasteiger partial charge in [0.1, 0.15) is 0 Å². The number of hydrogen-bond donors (Lipinski definition) is 1. The number of benzene rings is 1. The lowest BCUT2D eigenvalue weighted by molar-refractivity contribution is -0.149. The van der Waals surface area contributed by atoms with Crippen molar-refractivity contribution < 1.29 is 9.90 Å². The van der Waals surface area contributed by atoms with Crippen molar-refractivity contribution in [2.75, 3.05) is 32.7 Å². The molecule has 0 bridgehead atoms. The lowest BCUT2D eigenvalue weighted by atomic mass is 9.81. The summed E-state index contributed by atoms with van der Waals surface area (Å²) in [5.74, 6) is 0.434. The third-order valence-corrected chi connectivity index (χ3v) is 6.45. The summed E-state index contributed by atoms with van der Waals surface area (Å²) in [4.78, 5) is 16.8. The Labute approximate surface area is 148 Å². The van der Waals surface area contributed by atoms with Crippen LogP contribution in [0.5, 0.6) is 0 Å². The highest BCUT2D eigenvalue weighted by molar-refractivity contribution is 6.30. The lowest BCUT2D eigenvalue weighted by Crippen LogP contribution is -2.41. The Kier molecular flexibility index (Phi) is 4.31. The van der Waals surface area contributed by atoms with E-state index < -0.39 is 11.4 Å². The smallest absolute Gasteiger partial charge is 0.312 e. The van der Waals surface area contributed by atoms with Gasteiger partial charge in [-0.2, -0.15) is 0 Å². The van der Waals surface area contributed by atoms with Crippen molar-refractivity contribution in [3.8, 4) is 0 Å². The number of carbonyl (C=O) groups is 1. The minimum absolute atomic E-state index is 0.245. The zero-order valence-corrected chi connectivity index (χ0v) is 14.7. The summed E-state index contributed by atoms with van der Waals surface area (Å²) in [6.07, 6.45) is 3.99. The van der Waals surface area contributed by atoms with Gasteiger partial charge in [-0.15, -0.1) is 0 Å². The normalized spacial score (nSPS) is 31.1. The fourth-order valence-corrected chi connectivity index (χ4v) is 4.98. The summed E-state index contributed by atoms with van der Waals surface area (Å²) in [5.41, 5.74) is 0.580. The number of fused-ring (bicyclic) bond motifs is 1. The molecule has 1 aromatic carbocycles. The minimum Gasteiger partial charge on any atom is -0.481 e. The van der Waals surface area contributed by atoms with E-state index in [1.807, 2.05) is 18.2 Å². The van der Waals surface area contributed by atoms with Crippen molar-refractivity contribution in [1.29, 1.82) is 0 Å². The number of carboxylic acids is 1. The van der Waals surface area contributed by atoms with E-state index in [0.29, 0.717) is 6.54 Å². The van der Waals surface area contributed by atoms with E-state index >= 15 is 0 Å². The molecule has 0 spiro atoms. The number of carboxylic acid groups (broad SMARTS) is 1. The molecule has 1 aliphatic carbocycles. The Morgan fingerprint density at radius 1 is 1.25 bits per heavy atom. The molecular weight excluding hydrogens is 324 g/mol. The van der Waals surface area contributed by atoms with E-state index in [0.717, 1.165) is 49.2 Å². The molecule has 5 heteroatoms. The van der Waals surface area contributed by atoms with E-state index in [2.05, 4.69) is 15.9 Å². The lowest BCUT2D eigenvalue weighted by Gasteiger charge is -2.31. The first kappa shape index (κ1) is 16.4. The molecule has 1 aromatic rings. The third kappa shape index (κ3) is 2.96. The third-order valence-electron chi connectivity index (χ3n) is 6.21. The molecule has 2 saturated heterocycles. The first-order valence-corrected chi connectivity index (χ1v) is 9.35. The second-order valence-electron chi connectivity index (χ2n) is 7.95. The van der Waals surface area contributed by atoms with Gasteiger partial charge in [-0.1, -0.05) is 30.2 Å². The van der Waals surface area contributed by atoms with Crippen LogP contribution in [0.15, 0.2) is 24.3 Å². The molecule has 2 heterocycles. The molecule has 2 atom stereocenters. The molecule has 0 radical (unpaired) electrons. The number of hydrogen-bond acceptors (Lipinski definition) is 3. The minimum atomic E-state index is -0.614. The van der Waals surface area contributed by atoms with Crippen molar-refractivity contribution in [1.82, 2.24) is 9.80 Å². The maximum atomic E-state index is 12.1. The van der Waals surface area contributed by atoms with Gasteiger partial charge in [0.15, 0.2) is 0 Å². The maximum Gasteiger partial charge on any atom is 0.312 e. The van der Waals surface area contributed by atoms with Crippen LogP contribution >= 0.6 is 11.6 Å². The molecule has 4 nitrogen and oxygen atoms in total. The van der Waals surface area contributed by atoms with E-state index in [1.165, 1.54) is 19.3 Å². The van der Waals surface area contributed by atoms with E-state index in [1.54, 1.807) is 0 Å². The van der Waals surface area contributed by atoms with Crippen LogP contribution < -0.4 is 0 Å². The standard InChI is InChI=1S/C19H25ClN2O2/c20-17-6-2-5-15(7-17)9-22-11-16-10-21(8-14-3-1-4-14)12-19(16,13-22)18(23)24/h2,5-7,14,16H,1,3-4,8-13H2,(H,23,24)/t16-,19-/m0/s1. The second kappa shape index (κ2) is 6.32. The summed E-state index contributed by atoms with van der Waals surface area (Å²) < 4.78 is 0. The Bertz CT molecular complexity index is 634. The average molecular weight is 349 g/mol. The predicted molar refractivity (Wildman–Crippen MR) is 94.1 cm³/mol. The van der Waals surface area contributed by atoms with Crippen molar-refractivity contribution in [2.45, 2.75) is 25.8 Å².